The minimum absolute atomic E-state index is 0.0472. The van der Waals surface area contributed by atoms with Gasteiger partial charge in [0, 0.05) is 19.6 Å². The van der Waals surface area contributed by atoms with Gasteiger partial charge in [-0.25, -0.2) is 21.1 Å². The Morgan fingerprint density at radius 2 is 1.94 bits per heavy atom. The molecule has 1 rings (SSSR count). The van der Waals surface area contributed by atoms with Crippen LogP contribution >= 0.6 is 0 Å². The Balaban J connectivity index is 2.83. The zero-order valence-electron chi connectivity index (χ0n) is 9.29. The molecule has 2 N–H and O–H groups in total. The van der Waals surface area contributed by atoms with E-state index in [1.165, 1.54) is 11.2 Å². The minimum Gasteiger partial charge on any atom is -0.329 e. The predicted molar refractivity (Wildman–Crippen MR) is 62.3 cm³/mol. The second-order valence-electron chi connectivity index (χ2n) is 4.00. The Bertz CT molecular complexity index is 429. The summed E-state index contributed by atoms with van der Waals surface area (Å²) in [5, 5.41) is -0.659. The van der Waals surface area contributed by atoms with Gasteiger partial charge in [0.25, 0.3) is 0 Å². The van der Waals surface area contributed by atoms with Crippen molar-refractivity contribution in [2.24, 2.45) is 5.73 Å². The van der Waals surface area contributed by atoms with Crippen molar-refractivity contribution in [3.63, 3.8) is 0 Å². The third-order valence-electron chi connectivity index (χ3n) is 2.71. The maximum Gasteiger partial charge on any atom is 0.217 e. The van der Waals surface area contributed by atoms with E-state index < -0.39 is 25.1 Å². The molecular formula is C8H18N2O4S2. The molecule has 0 aliphatic carbocycles. The molecule has 1 heterocycles. The topological polar surface area (TPSA) is 97.5 Å². The van der Waals surface area contributed by atoms with E-state index in [4.69, 9.17) is 5.73 Å². The number of hydrogen-bond donors (Lipinski definition) is 1. The predicted octanol–water partition coefficient (Wildman–Crippen LogP) is -1.22. The SMILES string of the molecule is CC(CN)S(=O)(=O)N1CCCS(=O)(=O)CC1. The zero-order valence-corrected chi connectivity index (χ0v) is 10.9. The minimum atomic E-state index is -3.44. The smallest absolute Gasteiger partial charge is 0.217 e. The Morgan fingerprint density at radius 1 is 1.31 bits per heavy atom. The quantitative estimate of drug-likeness (QED) is 0.693. The molecule has 1 fully saturated rings. The van der Waals surface area contributed by atoms with E-state index in [-0.39, 0.29) is 31.1 Å². The lowest BCUT2D eigenvalue weighted by Gasteiger charge is -2.22. The molecule has 8 heteroatoms. The van der Waals surface area contributed by atoms with Crippen LogP contribution in [0.5, 0.6) is 0 Å². The fourth-order valence-electron chi connectivity index (χ4n) is 1.55. The summed E-state index contributed by atoms with van der Waals surface area (Å²) in [5.41, 5.74) is 5.33. The monoisotopic (exact) mass is 270 g/mol. The highest BCUT2D eigenvalue weighted by Gasteiger charge is 2.30. The summed E-state index contributed by atoms with van der Waals surface area (Å²) in [6, 6.07) is 0. The highest BCUT2D eigenvalue weighted by molar-refractivity contribution is 7.91. The highest BCUT2D eigenvalue weighted by Crippen LogP contribution is 2.13. The van der Waals surface area contributed by atoms with Crippen molar-refractivity contribution in [1.29, 1.82) is 0 Å². The summed E-state index contributed by atoms with van der Waals surface area (Å²) >= 11 is 0. The van der Waals surface area contributed by atoms with Gasteiger partial charge in [-0.05, 0) is 13.3 Å². The van der Waals surface area contributed by atoms with Crippen LogP contribution in [0.25, 0.3) is 0 Å². The third-order valence-corrected chi connectivity index (χ3v) is 6.72. The van der Waals surface area contributed by atoms with Crippen LogP contribution < -0.4 is 5.73 Å². The molecule has 1 aliphatic heterocycles. The Hall–Kier alpha value is -0.180. The number of hydrogen-bond acceptors (Lipinski definition) is 5. The number of nitrogens with two attached hydrogens (primary N) is 1. The number of rotatable bonds is 3. The standard InChI is InChI=1S/C8H18N2O4S2/c1-8(7-9)16(13,14)10-3-2-5-15(11,12)6-4-10/h8H,2-7,9H2,1H3. The van der Waals surface area contributed by atoms with Crippen molar-refractivity contribution in [1.82, 2.24) is 4.31 Å². The number of sulfonamides is 1. The molecule has 0 saturated carbocycles. The van der Waals surface area contributed by atoms with Crippen LogP contribution in [-0.2, 0) is 19.9 Å². The molecule has 0 aromatic heterocycles. The number of nitrogens with zero attached hydrogens (tertiary/aromatic N) is 1. The van der Waals surface area contributed by atoms with Crippen molar-refractivity contribution >= 4 is 19.9 Å². The van der Waals surface area contributed by atoms with Crippen LogP contribution in [0.4, 0.5) is 0 Å². The van der Waals surface area contributed by atoms with E-state index in [0.717, 1.165) is 0 Å². The molecule has 1 atom stereocenters. The lowest BCUT2D eigenvalue weighted by atomic mass is 10.5. The maximum atomic E-state index is 11.9. The first-order valence-corrected chi connectivity index (χ1v) is 8.51. The summed E-state index contributed by atoms with van der Waals surface area (Å²) in [6.45, 7) is 1.90. The van der Waals surface area contributed by atoms with Gasteiger partial charge in [0.05, 0.1) is 16.8 Å². The Morgan fingerprint density at radius 3 is 2.50 bits per heavy atom. The fourth-order valence-corrected chi connectivity index (χ4v) is 4.41. The van der Waals surface area contributed by atoms with Gasteiger partial charge in [0.1, 0.15) is 0 Å². The first-order chi connectivity index (χ1) is 7.29. The van der Waals surface area contributed by atoms with Gasteiger partial charge in [-0.1, -0.05) is 0 Å². The van der Waals surface area contributed by atoms with Crippen LogP contribution in [0, 0.1) is 0 Å². The molecular weight excluding hydrogens is 252 g/mol. The second-order valence-corrected chi connectivity index (χ2v) is 8.65. The molecule has 0 bridgehead atoms. The first kappa shape index (κ1) is 13.9. The van der Waals surface area contributed by atoms with Crippen molar-refractivity contribution in [2.75, 3.05) is 31.1 Å². The van der Waals surface area contributed by atoms with Crippen LogP contribution in [0.15, 0.2) is 0 Å². The lowest BCUT2D eigenvalue weighted by Crippen LogP contribution is -2.42. The molecule has 0 spiro atoms. The van der Waals surface area contributed by atoms with Gasteiger partial charge < -0.3 is 5.73 Å². The van der Waals surface area contributed by atoms with E-state index in [1.807, 2.05) is 0 Å². The molecule has 1 saturated heterocycles. The second kappa shape index (κ2) is 4.99. The summed E-state index contributed by atoms with van der Waals surface area (Å²) in [7, 11) is -6.52. The van der Waals surface area contributed by atoms with E-state index >= 15 is 0 Å². The van der Waals surface area contributed by atoms with E-state index in [2.05, 4.69) is 0 Å². The van der Waals surface area contributed by atoms with E-state index in [9.17, 15) is 16.8 Å². The van der Waals surface area contributed by atoms with Gasteiger partial charge in [0.15, 0.2) is 9.84 Å². The zero-order chi connectivity index (χ0) is 12.4. The molecule has 96 valence electrons. The van der Waals surface area contributed by atoms with Crippen LogP contribution in [0.3, 0.4) is 0 Å². The van der Waals surface area contributed by atoms with Gasteiger partial charge in [-0.2, -0.15) is 0 Å². The normalized spacial score (nSPS) is 24.9. The van der Waals surface area contributed by atoms with Gasteiger partial charge in [-0.3, -0.25) is 0 Å². The third kappa shape index (κ3) is 3.16. The average molecular weight is 270 g/mol. The van der Waals surface area contributed by atoms with Crippen molar-refractivity contribution < 1.29 is 16.8 Å². The van der Waals surface area contributed by atoms with Crippen LogP contribution in [0.2, 0.25) is 0 Å². The summed E-state index contributed by atoms with van der Waals surface area (Å²) in [4.78, 5) is 0. The van der Waals surface area contributed by atoms with Gasteiger partial charge in [0.2, 0.25) is 10.0 Å². The Labute approximate surface area is 96.8 Å². The van der Waals surface area contributed by atoms with Crippen molar-refractivity contribution in [3.8, 4) is 0 Å². The van der Waals surface area contributed by atoms with E-state index in [1.54, 1.807) is 0 Å². The van der Waals surface area contributed by atoms with Crippen molar-refractivity contribution in [2.45, 2.75) is 18.6 Å². The maximum absolute atomic E-state index is 11.9. The molecule has 1 aliphatic rings. The van der Waals surface area contributed by atoms with Crippen molar-refractivity contribution in [3.05, 3.63) is 0 Å². The average Bonchev–Trinajstić information content (AvgIpc) is 2.38. The fraction of sp³-hybridized carbons (Fsp3) is 1.00. The van der Waals surface area contributed by atoms with Gasteiger partial charge >= 0.3 is 0 Å². The first-order valence-electron chi connectivity index (χ1n) is 5.19. The Kier molecular flexibility index (Phi) is 4.33. The van der Waals surface area contributed by atoms with Crippen LogP contribution in [0.1, 0.15) is 13.3 Å². The molecule has 0 radical (unpaired) electrons. The molecule has 0 amide bonds. The number of sulfone groups is 1. The summed E-state index contributed by atoms with van der Waals surface area (Å²) in [6.07, 6.45) is 0.360. The largest absolute Gasteiger partial charge is 0.329 e. The molecule has 16 heavy (non-hydrogen) atoms. The molecule has 1 unspecified atom stereocenters. The van der Waals surface area contributed by atoms with Crippen LogP contribution in [-0.4, -0.2) is 57.5 Å². The molecule has 0 aromatic carbocycles. The lowest BCUT2D eigenvalue weighted by molar-refractivity contribution is 0.427. The summed E-state index contributed by atoms with van der Waals surface area (Å²) in [5.74, 6) is -0.0282. The molecule has 0 aromatic rings. The molecule has 6 nitrogen and oxygen atoms in total. The van der Waals surface area contributed by atoms with E-state index in [0.29, 0.717) is 6.42 Å². The van der Waals surface area contributed by atoms with Gasteiger partial charge in [-0.15, -0.1) is 0 Å². The highest BCUT2D eigenvalue weighted by atomic mass is 32.2. The summed E-state index contributed by atoms with van der Waals surface area (Å²) < 4.78 is 47.8.